The number of ether oxygens (including phenoxy) is 2. The third-order valence-electron chi connectivity index (χ3n) is 4.30. The van der Waals surface area contributed by atoms with Crippen molar-refractivity contribution >= 4 is 0 Å². The molecule has 1 aromatic rings. The van der Waals surface area contributed by atoms with Gasteiger partial charge in [-0.1, -0.05) is 12.1 Å². The Morgan fingerprint density at radius 3 is 2.33 bits per heavy atom. The maximum Gasteiger partial charge on any atom is 0.118 e. The molecule has 2 aliphatic heterocycles. The van der Waals surface area contributed by atoms with Gasteiger partial charge in [0.25, 0.3) is 0 Å². The van der Waals surface area contributed by atoms with Gasteiger partial charge in [0.1, 0.15) is 5.75 Å². The molecule has 0 amide bonds. The van der Waals surface area contributed by atoms with Crippen LogP contribution in [0.1, 0.15) is 18.4 Å². The van der Waals surface area contributed by atoms with Gasteiger partial charge in [0, 0.05) is 12.0 Å². The van der Waals surface area contributed by atoms with E-state index in [1.165, 1.54) is 31.5 Å². The van der Waals surface area contributed by atoms with Crippen LogP contribution in [0.3, 0.4) is 0 Å². The van der Waals surface area contributed by atoms with Gasteiger partial charge in [-0.05, 0) is 43.6 Å². The predicted octanol–water partition coefficient (Wildman–Crippen LogP) is 2.31. The van der Waals surface area contributed by atoms with Crippen LogP contribution >= 0.6 is 0 Å². The Hall–Kier alpha value is -1.06. The monoisotopic (exact) mass is 247 g/mol. The summed E-state index contributed by atoms with van der Waals surface area (Å²) < 4.78 is 10.5. The summed E-state index contributed by atoms with van der Waals surface area (Å²) in [7, 11) is 1.71. The second-order valence-corrected chi connectivity index (χ2v) is 5.62. The largest absolute Gasteiger partial charge is 0.497 e. The van der Waals surface area contributed by atoms with Gasteiger partial charge in [-0.2, -0.15) is 0 Å². The van der Waals surface area contributed by atoms with E-state index in [2.05, 4.69) is 17.0 Å². The highest BCUT2D eigenvalue weighted by atomic mass is 16.5. The average molecular weight is 247 g/mol. The lowest BCUT2D eigenvalue weighted by Gasteiger charge is -2.47. The summed E-state index contributed by atoms with van der Waals surface area (Å²) in [6.07, 6.45) is 2.59. The first kappa shape index (κ1) is 12.0. The van der Waals surface area contributed by atoms with Crippen LogP contribution in [0.2, 0.25) is 0 Å². The Bertz CT molecular complexity index is 387. The third-order valence-corrected chi connectivity index (χ3v) is 4.30. The quantitative estimate of drug-likeness (QED) is 0.818. The maximum absolute atomic E-state index is 5.36. The number of benzene rings is 1. The molecule has 0 bridgehead atoms. The average Bonchev–Trinajstić information content (AvgIpc) is 2.39. The summed E-state index contributed by atoms with van der Waals surface area (Å²) in [4.78, 5) is 2.55. The van der Waals surface area contributed by atoms with Gasteiger partial charge >= 0.3 is 0 Å². The van der Waals surface area contributed by atoms with Gasteiger partial charge in [-0.25, -0.2) is 0 Å². The van der Waals surface area contributed by atoms with Crippen molar-refractivity contribution in [1.29, 1.82) is 0 Å². The number of nitrogens with zero attached hydrogens (tertiary/aromatic N) is 1. The first-order chi connectivity index (χ1) is 8.80. The van der Waals surface area contributed by atoms with Crippen molar-refractivity contribution in [2.45, 2.75) is 19.4 Å². The summed E-state index contributed by atoms with van der Waals surface area (Å²) >= 11 is 0. The van der Waals surface area contributed by atoms with Crippen molar-refractivity contribution in [2.75, 3.05) is 33.4 Å². The summed E-state index contributed by atoms with van der Waals surface area (Å²) in [6.45, 7) is 5.44. The first-order valence-corrected chi connectivity index (χ1v) is 6.73. The van der Waals surface area contributed by atoms with Gasteiger partial charge in [-0.3, -0.25) is 4.90 Å². The number of hydrogen-bond acceptors (Lipinski definition) is 3. The summed E-state index contributed by atoms with van der Waals surface area (Å²) in [5.41, 5.74) is 1.91. The molecule has 0 aromatic heterocycles. The topological polar surface area (TPSA) is 21.7 Å². The van der Waals surface area contributed by atoms with E-state index in [1.807, 2.05) is 12.1 Å². The third kappa shape index (κ3) is 2.38. The van der Waals surface area contributed by atoms with E-state index < -0.39 is 0 Å². The molecule has 2 fully saturated rings. The van der Waals surface area contributed by atoms with Crippen molar-refractivity contribution in [3.63, 3.8) is 0 Å². The smallest absolute Gasteiger partial charge is 0.118 e. The predicted molar refractivity (Wildman–Crippen MR) is 70.8 cm³/mol. The number of likely N-dealkylation sites (tertiary alicyclic amines) is 1. The fourth-order valence-electron chi connectivity index (χ4n) is 2.85. The van der Waals surface area contributed by atoms with Gasteiger partial charge in [0.15, 0.2) is 0 Å². The Labute approximate surface area is 109 Å². The lowest BCUT2D eigenvalue weighted by molar-refractivity contribution is -0.140. The van der Waals surface area contributed by atoms with E-state index in [0.717, 1.165) is 25.5 Å². The van der Waals surface area contributed by atoms with E-state index in [1.54, 1.807) is 7.11 Å². The van der Waals surface area contributed by atoms with Gasteiger partial charge < -0.3 is 9.47 Å². The van der Waals surface area contributed by atoms with E-state index in [9.17, 15) is 0 Å². The van der Waals surface area contributed by atoms with Crippen LogP contribution < -0.4 is 4.74 Å². The Morgan fingerprint density at radius 2 is 1.83 bits per heavy atom. The van der Waals surface area contributed by atoms with Crippen LogP contribution in [-0.2, 0) is 11.3 Å². The number of rotatable bonds is 3. The zero-order valence-electron chi connectivity index (χ0n) is 11.0. The zero-order chi connectivity index (χ0) is 12.4. The molecular formula is C15H21NO2. The van der Waals surface area contributed by atoms with E-state index in [-0.39, 0.29) is 0 Å². The van der Waals surface area contributed by atoms with Crippen molar-refractivity contribution in [3.8, 4) is 5.75 Å². The molecule has 1 spiro atoms. The van der Waals surface area contributed by atoms with Crippen molar-refractivity contribution in [2.24, 2.45) is 5.41 Å². The van der Waals surface area contributed by atoms with Crippen LogP contribution in [0, 0.1) is 5.41 Å². The Morgan fingerprint density at radius 1 is 1.17 bits per heavy atom. The van der Waals surface area contributed by atoms with Gasteiger partial charge in [0.2, 0.25) is 0 Å². The van der Waals surface area contributed by atoms with E-state index in [0.29, 0.717) is 5.41 Å². The minimum atomic E-state index is 0.538. The summed E-state index contributed by atoms with van der Waals surface area (Å²) in [5, 5.41) is 0. The molecule has 2 aliphatic rings. The highest BCUT2D eigenvalue weighted by Gasteiger charge is 2.40. The zero-order valence-corrected chi connectivity index (χ0v) is 11.0. The molecule has 0 saturated carbocycles. The highest BCUT2D eigenvalue weighted by molar-refractivity contribution is 5.27. The van der Waals surface area contributed by atoms with Crippen LogP contribution in [0.4, 0.5) is 0 Å². The minimum Gasteiger partial charge on any atom is -0.497 e. The number of methoxy groups -OCH3 is 1. The highest BCUT2D eigenvalue weighted by Crippen LogP contribution is 2.38. The molecule has 18 heavy (non-hydrogen) atoms. The molecule has 3 nitrogen and oxygen atoms in total. The van der Waals surface area contributed by atoms with Crippen LogP contribution in [-0.4, -0.2) is 38.3 Å². The van der Waals surface area contributed by atoms with Crippen LogP contribution in [0.25, 0.3) is 0 Å². The number of piperidine rings is 1. The molecule has 1 aromatic carbocycles. The molecular weight excluding hydrogens is 226 g/mol. The molecule has 0 N–H and O–H groups in total. The molecule has 0 radical (unpaired) electrons. The lowest BCUT2D eigenvalue weighted by Crippen LogP contribution is -2.50. The molecule has 2 saturated heterocycles. The molecule has 3 rings (SSSR count). The van der Waals surface area contributed by atoms with Gasteiger partial charge in [-0.15, -0.1) is 0 Å². The normalized spacial score (nSPS) is 22.7. The maximum atomic E-state index is 5.36. The molecule has 0 atom stereocenters. The second kappa shape index (κ2) is 4.90. The Kier molecular flexibility index (Phi) is 3.27. The molecule has 3 heteroatoms. The molecule has 98 valence electrons. The molecule has 2 heterocycles. The second-order valence-electron chi connectivity index (χ2n) is 5.62. The van der Waals surface area contributed by atoms with Gasteiger partial charge in [0.05, 0.1) is 20.3 Å². The SMILES string of the molecule is COc1ccc(CN2CCC3(CC2)COC3)cc1. The first-order valence-electron chi connectivity index (χ1n) is 6.73. The Balaban J connectivity index is 1.53. The van der Waals surface area contributed by atoms with Crippen LogP contribution in [0.5, 0.6) is 5.75 Å². The number of hydrogen-bond donors (Lipinski definition) is 0. The van der Waals surface area contributed by atoms with Crippen molar-refractivity contribution in [3.05, 3.63) is 29.8 Å². The van der Waals surface area contributed by atoms with E-state index >= 15 is 0 Å². The standard InChI is InChI=1S/C15H21NO2/c1-17-14-4-2-13(3-5-14)10-16-8-6-15(7-9-16)11-18-12-15/h2-5H,6-12H2,1H3. The fourth-order valence-corrected chi connectivity index (χ4v) is 2.85. The fraction of sp³-hybridized carbons (Fsp3) is 0.600. The van der Waals surface area contributed by atoms with Crippen LogP contribution in [0.15, 0.2) is 24.3 Å². The molecule has 0 unspecified atom stereocenters. The summed E-state index contributed by atoms with van der Waals surface area (Å²) in [5.74, 6) is 0.933. The lowest BCUT2D eigenvalue weighted by atomic mass is 9.77. The van der Waals surface area contributed by atoms with E-state index in [4.69, 9.17) is 9.47 Å². The van der Waals surface area contributed by atoms with Crippen molar-refractivity contribution in [1.82, 2.24) is 4.90 Å². The summed E-state index contributed by atoms with van der Waals surface area (Å²) in [6, 6.07) is 8.41. The minimum absolute atomic E-state index is 0.538. The molecule has 0 aliphatic carbocycles. The van der Waals surface area contributed by atoms with Crippen molar-refractivity contribution < 1.29 is 9.47 Å².